The quantitative estimate of drug-likeness (QED) is 0.543. The molecule has 0 radical (unpaired) electrons. The van der Waals surface area contributed by atoms with E-state index in [1.165, 1.54) is 12.0 Å². The monoisotopic (exact) mass is 445 g/mol. The van der Waals surface area contributed by atoms with Gasteiger partial charge in [-0.25, -0.2) is 4.79 Å². The minimum Gasteiger partial charge on any atom is -0.497 e. The van der Waals surface area contributed by atoms with E-state index in [-0.39, 0.29) is 12.5 Å². The van der Waals surface area contributed by atoms with Gasteiger partial charge in [0.1, 0.15) is 5.75 Å². The van der Waals surface area contributed by atoms with Gasteiger partial charge in [0.15, 0.2) is 0 Å². The Morgan fingerprint density at radius 3 is 2.70 bits per heavy atom. The number of benzene rings is 1. The zero-order valence-electron chi connectivity index (χ0n) is 18.2. The molecule has 168 valence electrons. The maximum atomic E-state index is 13.0. The number of aromatic nitrogens is 1. The highest BCUT2D eigenvalue weighted by Crippen LogP contribution is 2.28. The summed E-state index contributed by atoms with van der Waals surface area (Å²) in [5, 5.41) is 4.89. The number of anilines is 1. The van der Waals surface area contributed by atoms with Crippen LogP contribution in [0.5, 0.6) is 5.75 Å². The molecule has 0 spiro atoms. The van der Waals surface area contributed by atoms with E-state index < -0.39 is 17.5 Å². The topological polar surface area (TPSA) is 104 Å². The number of rotatable bonds is 4. The fraction of sp³-hybridized carbons (Fsp3) is 0.333. The van der Waals surface area contributed by atoms with E-state index in [9.17, 15) is 14.4 Å². The van der Waals surface area contributed by atoms with Crippen LogP contribution < -0.4 is 20.3 Å². The number of carbonyl (C=O) groups is 3. The minimum absolute atomic E-state index is 0.0767. The van der Waals surface area contributed by atoms with Crippen LogP contribution in [0.15, 0.2) is 36.7 Å². The van der Waals surface area contributed by atoms with Gasteiger partial charge < -0.3 is 19.9 Å². The predicted molar refractivity (Wildman–Crippen MR) is 120 cm³/mol. The smallest absolute Gasteiger partial charge is 0.323 e. The molecule has 1 aromatic carbocycles. The Kier molecular flexibility index (Phi) is 5.13. The molecule has 3 aliphatic rings. The van der Waals surface area contributed by atoms with Crippen LogP contribution in [0, 0.1) is 11.8 Å². The minimum atomic E-state index is -1.55. The second-order valence-electron chi connectivity index (χ2n) is 8.37. The molecule has 1 aromatic heterocycles. The summed E-state index contributed by atoms with van der Waals surface area (Å²) in [6.45, 7) is 2.19. The first kappa shape index (κ1) is 20.8. The van der Waals surface area contributed by atoms with Crippen LogP contribution >= 0.6 is 0 Å². The Hall–Kier alpha value is -4.06. The van der Waals surface area contributed by atoms with Crippen LogP contribution in [0.3, 0.4) is 0 Å². The lowest BCUT2D eigenvalue weighted by Crippen LogP contribution is -2.54. The largest absolute Gasteiger partial charge is 0.497 e. The maximum absolute atomic E-state index is 13.0. The molecule has 1 atom stereocenters. The van der Waals surface area contributed by atoms with E-state index in [1.54, 1.807) is 24.5 Å². The van der Waals surface area contributed by atoms with Gasteiger partial charge in [-0.2, -0.15) is 0 Å². The highest BCUT2D eigenvalue weighted by Gasteiger charge is 2.48. The number of urea groups is 1. The summed E-state index contributed by atoms with van der Waals surface area (Å²) >= 11 is 0. The first-order valence-corrected chi connectivity index (χ1v) is 10.8. The van der Waals surface area contributed by atoms with Crippen molar-refractivity contribution in [3.63, 3.8) is 0 Å². The third-order valence-corrected chi connectivity index (χ3v) is 6.18. The van der Waals surface area contributed by atoms with E-state index >= 15 is 0 Å². The lowest BCUT2D eigenvalue weighted by molar-refractivity contribution is -0.122. The van der Waals surface area contributed by atoms with Gasteiger partial charge in [0.05, 0.1) is 25.5 Å². The number of amides is 4. The van der Waals surface area contributed by atoms with Crippen molar-refractivity contribution < 1.29 is 19.1 Å². The molecule has 4 amide bonds. The third kappa shape index (κ3) is 3.84. The predicted octanol–water partition coefficient (Wildman–Crippen LogP) is 1.28. The first-order chi connectivity index (χ1) is 16.0. The fourth-order valence-corrected chi connectivity index (χ4v) is 4.44. The Bertz CT molecular complexity index is 1210. The number of carbonyl (C=O) groups excluding carboxylic acids is 3. The van der Waals surface area contributed by atoms with Crippen molar-refractivity contribution in [3.05, 3.63) is 53.3 Å². The molecule has 2 saturated heterocycles. The molecular formula is C24H23N5O4. The average Bonchev–Trinajstić information content (AvgIpc) is 3.52. The number of hydrogen-bond acceptors (Lipinski definition) is 6. The van der Waals surface area contributed by atoms with Crippen LogP contribution in [0.1, 0.15) is 34.3 Å². The van der Waals surface area contributed by atoms with Crippen molar-refractivity contribution in [2.75, 3.05) is 31.6 Å². The van der Waals surface area contributed by atoms with Gasteiger partial charge in [-0.3, -0.25) is 19.9 Å². The summed E-state index contributed by atoms with van der Waals surface area (Å²) in [6, 6.07) is 6.59. The summed E-state index contributed by atoms with van der Waals surface area (Å²) in [6.07, 6.45) is 5.70. The van der Waals surface area contributed by atoms with Crippen molar-refractivity contribution in [1.29, 1.82) is 0 Å². The van der Waals surface area contributed by atoms with Gasteiger partial charge in [-0.1, -0.05) is 17.9 Å². The van der Waals surface area contributed by atoms with E-state index in [0.29, 0.717) is 23.4 Å². The first-order valence-electron chi connectivity index (χ1n) is 10.8. The molecule has 2 aromatic rings. The summed E-state index contributed by atoms with van der Waals surface area (Å²) in [4.78, 5) is 45.9. The van der Waals surface area contributed by atoms with Crippen LogP contribution in [0.25, 0.3) is 0 Å². The molecule has 5 rings (SSSR count). The zero-order chi connectivity index (χ0) is 23.0. The maximum Gasteiger partial charge on any atom is 0.323 e. The van der Waals surface area contributed by atoms with E-state index in [4.69, 9.17) is 4.74 Å². The number of nitrogens with one attached hydrogen (secondary N) is 2. The molecule has 0 unspecified atom stereocenters. The third-order valence-electron chi connectivity index (χ3n) is 6.18. The molecule has 4 heterocycles. The molecule has 9 heteroatoms. The van der Waals surface area contributed by atoms with Crippen LogP contribution in [-0.2, 0) is 11.3 Å². The molecule has 33 heavy (non-hydrogen) atoms. The van der Waals surface area contributed by atoms with Gasteiger partial charge in [-0.15, -0.1) is 0 Å². The molecular weight excluding hydrogens is 422 g/mol. The molecule has 2 N–H and O–H groups in total. The van der Waals surface area contributed by atoms with Gasteiger partial charge in [-0.05, 0) is 36.6 Å². The number of nitrogens with zero attached hydrogens (tertiary/aromatic N) is 3. The zero-order valence-corrected chi connectivity index (χ0v) is 18.2. The fourth-order valence-electron chi connectivity index (χ4n) is 4.44. The van der Waals surface area contributed by atoms with Crippen molar-refractivity contribution in [3.8, 4) is 17.6 Å². The highest BCUT2D eigenvalue weighted by molar-refractivity contribution is 6.10. The number of methoxy groups -OCH3 is 1. The summed E-state index contributed by atoms with van der Waals surface area (Å²) < 4.78 is 5.22. The van der Waals surface area contributed by atoms with Crippen molar-refractivity contribution in [2.45, 2.75) is 24.9 Å². The van der Waals surface area contributed by atoms with Gasteiger partial charge in [0.25, 0.3) is 11.8 Å². The SMILES string of the molecule is COc1ccc2c(c1)C(=O)N(C[C@@]1(C#Cc3cncc(N4CCCC4)c3)NC(=O)NC1=O)C2. The Morgan fingerprint density at radius 1 is 1.15 bits per heavy atom. The second-order valence-corrected chi connectivity index (χ2v) is 8.37. The molecule has 0 aliphatic carbocycles. The van der Waals surface area contributed by atoms with Gasteiger partial charge >= 0.3 is 6.03 Å². The van der Waals surface area contributed by atoms with Crippen molar-refractivity contribution in [1.82, 2.24) is 20.5 Å². The molecule has 2 fully saturated rings. The van der Waals surface area contributed by atoms with Crippen molar-refractivity contribution >= 4 is 23.5 Å². The normalized spacial score (nSPS) is 21.4. The van der Waals surface area contributed by atoms with Gasteiger partial charge in [0.2, 0.25) is 5.54 Å². The second kappa shape index (κ2) is 8.13. The van der Waals surface area contributed by atoms with E-state index in [1.807, 2.05) is 12.1 Å². The van der Waals surface area contributed by atoms with Crippen molar-refractivity contribution in [2.24, 2.45) is 0 Å². The van der Waals surface area contributed by atoms with E-state index in [0.717, 1.165) is 37.2 Å². The number of imide groups is 1. The highest BCUT2D eigenvalue weighted by atomic mass is 16.5. The van der Waals surface area contributed by atoms with Crippen LogP contribution in [0.2, 0.25) is 0 Å². The molecule has 0 saturated carbocycles. The Morgan fingerprint density at radius 2 is 1.97 bits per heavy atom. The Balaban J connectivity index is 1.43. The molecule has 9 nitrogen and oxygen atoms in total. The lowest BCUT2D eigenvalue weighted by atomic mass is 9.99. The molecule has 0 bridgehead atoms. The summed E-state index contributed by atoms with van der Waals surface area (Å²) in [5.74, 6) is 5.69. The summed E-state index contributed by atoms with van der Waals surface area (Å²) in [5.41, 5.74) is 1.41. The van der Waals surface area contributed by atoms with Crippen LogP contribution in [-0.4, -0.2) is 60.0 Å². The lowest BCUT2D eigenvalue weighted by Gasteiger charge is -2.26. The number of pyridine rings is 1. The number of ether oxygens (including phenoxy) is 1. The summed E-state index contributed by atoms with van der Waals surface area (Å²) in [7, 11) is 1.54. The van der Waals surface area contributed by atoms with Crippen LogP contribution in [0.4, 0.5) is 10.5 Å². The Labute approximate surface area is 191 Å². The molecule has 3 aliphatic heterocycles. The standard InChI is InChI=1S/C24H23N5O4/c1-33-19-5-4-17-14-29(21(30)20(17)11-19)15-24(22(31)26-23(32)27-24)7-6-16-10-18(13-25-12-16)28-8-2-3-9-28/h4-5,10-13H,2-3,8-9,14-15H2,1H3,(H2,26,27,31,32)/t24-/m1/s1. The number of fused-ring (bicyclic) bond motifs is 1. The van der Waals surface area contributed by atoms with Gasteiger partial charge in [0, 0.05) is 37.0 Å². The van der Waals surface area contributed by atoms with E-state index in [2.05, 4.69) is 32.4 Å². The number of hydrogen-bond donors (Lipinski definition) is 2. The average molecular weight is 445 g/mol.